The Morgan fingerprint density at radius 1 is 1.19 bits per heavy atom. The molecule has 7 nitrogen and oxygen atoms in total. The summed E-state index contributed by atoms with van der Waals surface area (Å²) in [4.78, 5) is 22.3. The van der Waals surface area contributed by atoms with Crippen molar-refractivity contribution in [2.45, 2.75) is 0 Å². The molecule has 0 radical (unpaired) electrons. The van der Waals surface area contributed by atoms with Crippen LogP contribution in [0.4, 0.5) is 11.5 Å². The molecule has 0 unspecified atom stereocenters. The smallest absolute Gasteiger partial charge is 0.236 e. The van der Waals surface area contributed by atoms with Crippen molar-refractivity contribution in [1.29, 1.82) is 5.41 Å². The Morgan fingerprint density at radius 2 is 1.89 bits per heavy atom. The van der Waals surface area contributed by atoms with Crippen molar-refractivity contribution >= 4 is 23.1 Å². The Hall–Kier alpha value is -2.93. The van der Waals surface area contributed by atoms with Gasteiger partial charge in [-0.05, 0) is 18.2 Å². The molecule has 0 aliphatic carbocycles. The number of anilines is 2. The van der Waals surface area contributed by atoms with Crippen molar-refractivity contribution in [2.24, 2.45) is 0 Å². The number of aromatic nitrogens is 1. The second kappa shape index (κ2) is 8.18. The summed E-state index contributed by atoms with van der Waals surface area (Å²) in [5, 5.41) is 8.49. The van der Waals surface area contributed by atoms with E-state index in [0.717, 1.165) is 43.1 Å². The number of hydrogen-bond acceptors (Lipinski definition) is 6. The standard InChI is InChI=1S/C20H26N6O/c1-24(2)19(27)14-25-9-11-26(12-10-25)18-13-15(7-8-23-18)20(22)16-5-3-4-6-17(16)21/h3-8,13,22H,9-12,14,21H2,1-2H3. The normalized spacial score (nSPS) is 14.8. The van der Waals surface area contributed by atoms with E-state index in [9.17, 15) is 4.79 Å². The van der Waals surface area contributed by atoms with E-state index in [-0.39, 0.29) is 5.91 Å². The fourth-order valence-electron chi connectivity index (χ4n) is 3.09. The van der Waals surface area contributed by atoms with Crippen LogP contribution in [0.1, 0.15) is 11.1 Å². The average molecular weight is 366 g/mol. The quantitative estimate of drug-likeness (QED) is 0.615. The highest BCUT2D eigenvalue weighted by atomic mass is 16.2. The highest BCUT2D eigenvalue weighted by Crippen LogP contribution is 2.20. The molecule has 0 spiro atoms. The average Bonchev–Trinajstić information content (AvgIpc) is 2.68. The Kier molecular flexibility index (Phi) is 5.71. The molecule has 1 aromatic carbocycles. The van der Waals surface area contributed by atoms with Crippen molar-refractivity contribution in [3.05, 3.63) is 53.7 Å². The van der Waals surface area contributed by atoms with Crippen molar-refractivity contribution in [3.63, 3.8) is 0 Å². The van der Waals surface area contributed by atoms with E-state index in [1.807, 2.05) is 30.3 Å². The molecule has 1 fully saturated rings. The third-order valence-electron chi connectivity index (χ3n) is 4.82. The van der Waals surface area contributed by atoms with Gasteiger partial charge in [0, 0.05) is 63.3 Å². The van der Waals surface area contributed by atoms with E-state index < -0.39 is 0 Å². The highest BCUT2D eigenvalue weighted by Gasteiger charge is 2.21. The summed E-state index contributed by atoms with van der Waals surface area (Å²) in [5.74, 6) is 0.975. The number of piperazine rings is 1. The second-order valence-electron chi connectivity index (χ2n) is 6.92. The molecular weight excluding hydrogens is 340 g/mol. The number of nitrogens with zero attached hydrogens (tertiary/aromatic N) is 4. The third-order valence-corrected chi connectivity index (χ3v) is 4.82. The summed E-state index contributed by atoms with van der Waals surface area (Å²) in [5.41, 5.74) is 8.52. The molecule has 0 saturated carbocycles. The minimum absolute atomic E-state index is 0.123. The molecule has 2 aromatic rings. The van der Waals surface area contributed by atoms with Gasteiger partial charge < -0.3 is 15.5 Å². The Bertz CT molecular complexity index is 827. The zero-order chi connectivity index (χ0) is 19.4. The lowest BCUT2D eigenvalue weighted by atomic mass is 10.0. The van der Waals surface area contributed by atoms with Crippen LogP contribution in [0.2, 0.25) is 0 Å². The fourth-order valence-corrected chi connectivity index (χ4v) is 3.09. The molecule has 0 atom stereocenters. The number of amides is 1. The third kappa shape index (κ3) is 4.43. The summed E-state index contributed by atoms with van der Waals surface area (Å²) in [6.07, 6.45) is 1.74. The second-order valence-corrected chi connectivity index (χ2v) is 6.92. The van der Waals surface area contributed by atoms with E-state index in [0.29, 0.717) is 17.9 Å². The van der Waals surface area contributed by atoms with Gasteiger partial charge in [0.2, 0.25) is 5.91 Å². The zero-order valence-electron chi connectivity index (χ0n) is 15.9. The Labute approximate surface area is 159 Å². The van der Waals surface area contributed by atoms with Crippen LogP contribution in [0, 0.1) is 5.41 Å². The molecule has 1 aromatic heterocycles. The van der Waals surface area contributed by atoms with Gasteiger partial charge in [-0.1, -0.05) is 18.2 Å². The van der Waals surface area contributed by atoms with Gasteiger partial charge in [0.1, 0.15) is 5.82 Å². The van der Waals surface area contributed by atoms with Gasteiger partial charge in [-0.2, -0.15) is 0 Å². The number of carbonyl (C=O) groups excluding carboxylic acids is 1. The summed E-state index contributed by atoms with van der Waals surface area (Å²) < 4.78 is 0. The first-order valence-corrected chi connectivity index (χ1v) is 9.03. The maximum atomic E-state index is 11.9. The number of carbonyl (C=O) groups is 1. The predicted octanol–water partition coefficient (Wildman–Crippen LogP) is 1.29. The van der Waals surface area contributed by atoms with Gasteiger partial charge in [-0.25, -0.2) is 4.98 Å². The molecule has 1 aliphatic rings. The zero-order valence-corrected chi connectivity index (χ0v) is 15.9. The largest absolute Gasteiger partial charge is 0.398 e. The van der Waals surface area contributed by atoms with Crippen LogP contribution in [0.25, 0.3) is 0 Å². The van der Waals surface area contributed by atoms with Crippen LogP contribution in [0.5, 0.6) is 0 Å². The molecule has 1 amide bonds. The summed E-state index contributed by atoms with van der Waals surface area (Å²) in [6.45, 7) is 3.69. The molecule has 1 aliphatic heterocycles. The monoisotopic (exact) mass is 366 g/mol. The van der Waals surface area contributed by atoms with Crippen molar-refractivity contribution < 1.29 is 4.79 Å². The number of nitrogens with one attached hydrogen (secondary N) is 1. The Morgan fingerprint density at radius 3 is 2.56 bits per heavy atom. The van der Waals surface area contributed by atoms with E-state index in [1.165, 1.54) is 0 Å². The minimum Gasteiger partial charge on any atom is -0.398 e. The molecule has 3 N–H and O–H groups in total. The van der Waals surface area contributed by atoms with E-state index in [1.54, 1.807) is 31.3 Å². The van der Waals surface area contributed by atoms with Crippen LogP contribution in [0.3, 0.4) is 0 Å². The predicted molar refractivity (Wildman–Crippen MR) is 108 cm³/mol. The lowest BCUT2D eigenvalue weighted by molar-refractivity contribution is -0.129. The first-order valence-electron chi connectivity index (χ1n) is 9.03. The van der Waals surface area contributed by atoms with Gasteiger partial charge in [0.15, 0.2) is 0 Å². The molecule has 1 saturated heterocycles. The summed E-state index contributed by atoms with van der Waals surface area (Å²) in [6, 6.07) is 11.2. The number of likely N-dealkylation sites (N-methyl/N-ethyl adjacent to an activating group) is 1. The maximum absolute atomic E-state index is 11.9. The van der Waals surface area contributed by atoms with Gasteiger partial charge in [-0.15, -0.1) is 0 Å². The molecule has 3 rings (SSSR count). The van der Waals surface area contributed by atoms with Crippen LogP contribution >= 0.6 is 0 Å². The topological polar surface area (TPSA) is 89.6 Å². The number of nitrogens with two attached hydrogens (primary N) is 1. The summed E-state index contributed by atoms with van der Waals surface area (Å²) >= 11 is 0. The van der Waals surface area contributed by atoms with Gasteiger partial charge >= 0.3 is 0 Å². The van der Waals surface area contributed by atoms with Crippen molar-refractivity contribution in [2.75, 3.05) is 57.5 Å². The SMILES string of the molecule is CN(C)C(=O)CN1CCN(c2cc(C(=N)c3ccccc3N)ccn2)CC1. The number of para-hydroxylation sites is 1. The van der Waals surface area contributed by atoms with Crippen molar-refractivity contribution in [1.82, 2.24) is 14.8 Å². The van der Waals surface area contributed by atoms with E-state index >= 15 is 0 Å². The molecule has 2 heterocycles. The lowest BCUT2D eigenvalue weighted by Crippen LogP contribution is -2.49. The Balaban J connectivity index is 1.67. The number of benzene rings is 1. The number of hydrogen-bond donors (Lipinski definition) is 2. The first-order chi connectivity index (χ1) is 13.0. The van der Waals surface area contributed by atoms with Gasteiger partial charge in [0.05, 0.1) is 12.3 Å². The highest BCUT2D eigenvalue weighted by molar-refractivity contribution is 6.14. The van der Waals surface area contributed by atoms with Crippen molar-refractivity contribution in [3.8, 4) is 0 Å². The summed E-state index contributed by atoms with van der Waals surface area (Å²) in [7, 11) is 3.56. The molecule has 27 heavy (non-hydrogen) atoms. The number of pyridine rings is 1. The molecular formula is C20H26N6O. The van der Waals surface area contributed by atoms with E-state index in [4.69, 9.17) is 11.1 Å². The van der Waals surface area contributed by atoms with Crippen LogP contribution in [-0.2, 0) is 4.79 Å². The van der Waals surface area contributed by atoms with E-state index in [2.05, 4.69) is 14.8 Å². The number of rotatable bonds is 5. The fraction of sp³-hybridized carbons (Fsp3) is 0.350. The van der Waals surface area contributed by atoms with Crippen LogP contribution in [-0.4, -0.2) is 73.2 Å². The maximum Gasteiger partial charge on any atom is 0.236 e. The van der Waals surface area contributed by atoms with Crippen LogP contribution < -0.4 is 10.6 Å². The number of nitrogen functional groups attached to an aromatic ring is 1. The van der Waals surface area contributed by atoms with Crippen LogP contribution in [0.15, 0.2) is 42.6 Å². The molecule has 142 valence electrons. The van der Waals surface area contributed by atoms with Gasteiger partial charge in [-0.3, -0.25) is 15.1 Å². The van der Waals surface area contributed by atoms with Gasteiger partial charge in [0.25, 0.3) is 0 Å². The minimum atomic E-state index is 0.123. The molecule has 0 bridgehead atoms. The lowest BCUT2D eigenvalue weighted by Gasteiger charge is -2.35. The molecule has 7 heteroatoms. The first kappa shape index (κ1) is 18.8.